The van der Waals surface area contributed by atoms with Crippen molar-refractivity contribution in [2.45, 2.75) is 51.6 Å². The van der Waals surface area contributed by atoms with Crippen molar-refractivity contribution in [2.24, 2.45) is 0 Å². The summed E-state index contributed by atoms with van der Waals surface area (Å²) in [5.41, 5.74) is 3.94. The average molecular weight is 446 g/mol. The number of fused-ring (bicyclic) bond motifs is 1. The van der Waals surface area contributed by atoms with Crippen LogP contribution in [0.5, 0.6) is 11.5 Å². The van der Waals surface area contributed by atoms with Crippen LogP contribution in [0.3, 0.4) is 0 Å². The van der Waals surface area contributed by atoms with E-state index >= 15 is 0 Å². The summed E-state index contributed by atoms with van der Waals surface area (Å²) in [6, 6.07) is 16.4. The van der Waals surface area contributed by atoms with E-state index in [0.717, 1.165) is 46.6 Å². The van der Waals surface area contributed by atoms with Crippen molar-refractivity contribution in [3.63, 3.8) is 0 Å². The van der Waals surface area contributed by atoms with Gasteiger partial charge in [-0.1, -0.05) is 25.3 Å². The molecular weight excluding hydrogens is 414 g/mol. The molecule has 0 bridgehead atoms. The van der Waals surface area contributed by atoms with E-state index in [1.807, 2.05) is 69.4 Å². The summed E-state index contributed by atoms with van der Waals surface area (Å²) < 4.78 is 17.4. The first-order valence-electron chi connectivity index (χ1n) is 11.9. The Morgan fingerprint density at radius 1 is 0.970 bits per heavy atom. The van der Waals surface area contributed by atoms with Crippen LogP contribution in [0.25, 0.3) is 16.7 Å². The molecular formula is C27H31N3O3. The van der Waals surface area contributed by atoms with Gasteiger partial charge in [-0.3, -0.25) is 9.13 Å². The number of hydrogen-bond acceptors (Lipinski definition) is 3. The van der Waals surface area contributed by atoms with Crippen LogP contribution in [0.15, 0.2) is 65.7 Å². The SMILES string of the molecule is CCOc1ccc2c(c1)n(C1CCCCC1)c(=O)n2Cc1ccc(-n2cccc2)cc1OC. The quantitative estimate of drug-likeness (QED) is 0.374. The summed E-state index contributed by atoms with van der Waals surface area (Å²) >= 11 is 0. The predicted molar refractivity (Wildman–Crippen MR) is 131 cm³/mol. The zero-order valence-corrected chi connectivity index (χ0v) is 19.4. The summed E-state index contributed by atoms with van der Waals surface area (Å²) in [5.74, 6) is 1.58. The van der Waals surface area contributed by atoms with Gasteiger partial charge < -0.3 is 14.0 Å². The lowest BCUT2D eigenvalue weighted by Crippen LogP contribution is -2.29. The number of hydrogen-bond donors (Lipinski definition) is 0. The normalized spacial score (nSPS) is 14.6. The molecule has 0 spiro atoms. The molecule has 0 unspecified atom stereocenters. The lowest BCUT2D eigenvalue weighted by atomic mass is 9.95. The highest BCUT2D eigenvalue weighted by Gasteiger charge is 2.23. The van der Waals surface area contributed by atoms with Gasteiger partial charge in [0.05, 0.1) is 31.3 Å². The third kappa shape index (κ3) is 4.06. The van der Waals surface area contributed by atoms with E-state index in [1.54, 1.807) is 7.11 Å². The highest BCUT2D eigenvalue weighted by Crippen LogP contribution is 2.32. The minimum absolute atomic E-state index is 0.0436. The van der Waals surface area contributed by atoms with Crippen molar-refractivity contribution in [2.75, 3.05) is 13.7 Å². The maximum Gasteiger partial charge on any atom is 0.329 e. The van der Waals surface area contributed by atoms with Gasteiger partial charge in [-0.05, 0) is 50.1 Å². The Bertz CT molecular complexity index is 1290. The zero-order chi connectivity index (χ0) is 22.8. The van der Waals surface area contributed by atoms with Crippen molar-refractivity contribution < 1.29 is 9.47 Å². The van der Waals surface area contributed by atoms with E-state index in [2.05, 4.69) is 12.1 Å². The van der Waals surface area contributed by atoms with Gasteiger partial charge in [0.15, 0.2) is 0 Å². The van der Waals surface area contributed by atoms with Crippen molar-refractivity contribution in [3.05, 3.63) is 77.0 Å². The number of benzene rings is 2. The first-order chi connectivity index (χ1) is 16.2. The van der Waals surface area contributed by atoms with E-state index in [9.17, 15) is 4.79 Å². The van der Waals surface area contributed by atoms with Crippen LogP contribution in [-0.2, 0) is 6.54 Å². The van der Waals surface area contributed by atoms with E-state index in [1.165, 1.54) is 19.3 Å². The molecule has 1 aliphatic carbocycles. The first-order valence-corrected chi connectivity index (χ1v) is 11.9. The molecule has 6 heteroatoms. The standard InChI is InChI=1S/C27H31N3O3/c1-3-33-23-13-14-24-25(18-23)30(21-9-5-4-6-10-21)27(31)29(24)19-20-11-12-22(17-26(20)32-2)28-15-7-8-16-28/h7-8,11-18,21H,3-6,9-10,19H2,1-2H3. The molecule has 4 aromatic rings. The van der Waals surface area contributed by atoms with Crippen molar-refractivity contribution >= 4 is 11.0 Å². The number of rotatable bonds is 7. The summed E-state index contributed by atoms with van der Waals surface area (Å²) in [5, 5.41) is 0. The number of imidazole rings is 1. The lowest BCUT2D eigenvalue weighted by molar-refractivity contribution is 0.339. The third-order valence-corrected chi connectivity index (χ3v) is 6.69. The molecule has 1 aliphatic rings. The van der Waals surface area contributed by atoms with Gasteiger partial charge in [-0.2, -0.15) is 0 Å². The maximum absolute atomic E-state index is 13.8. The lowest BCUT2D eigenvalue weighted by Gasteiger charge is -2.23. The van der Waals surface area contributed by atoms with Crippen molar-refractivity contribution in [1.29, 1.82) is 0 Å². The molecule has 2 heterocycles. The molecule has 0 amide bonds. The Kier molecular flexibility index (Phi) is 5.99. The Labute approximate surface area is 194 Å². The largest absolute Gasteiger partial charge is 0.496 e. The molecule has 172 valence electrons. The van der Waals surface area contributed by atoms with Gasteiger partial charge in [0.1, 0.15) is 11.5 Å². The van der Waals surface area contributed by atoms with Crippen LogP contribution < -0.4 is 15.2 Å². The monoisotopic (exact) mass is 445 g/mol. The molecule has 0 N–H and O–H groups in total. The van der Waals surface area contributed by atoms with Gasteiger partial charge in [0.25, 0.3) is 0 Å². The average Bonchev–Trinajstić information content (AvgIpc) is 3.47. The summed E-state index contributed by atoms with van der Waals surface area (Å²) in [6.45, 7) is 3.04. The van der Waals surface area contributed by atoms with Crippen LogP contribution >= 0.6 is 0 Å². The summed E-state index contributed by atoms with van der Waals surface area (Å²) in [6.07, 6.45) is 9.70. The van der Waals surface area contributed by atoms with E-state index in [4.69, 9.17) is 9.47 Å². The van der Waals surface area contributed by atoms with E-state index < -0.39 is 0 Å². The fourth-order valence-electron chi connectivity index (χ4n) is 5.06. The second kappa shape index (κ2) is 9.22. The molecule has 0 aliphatic heterocycles. The van der Waals surface area contributed by atoms with Crippen molar-refractivity contribution in [1.82, 2.24) is 13.7 Å². The molecule has 5 rings (SSSR count). The minimum Gasteiger partial charge on any atom is -0.496 e. The molecule has 2 aromatic heterocycles. The van der Waals surface area contributed by atoms with Crippen LogP contribution in [0.1, 0.15) is 50.6 Å². The molecule has 2 aromatic carbocycles. The number of methoxy groups -OCH3 is 1. The highest BCUT2D eigenvalue weighted by molar-refractivity contribution is 5.78. The Morgan fingerprint density at radius 3 is 2.48 bits per heavy atom. The van der Waals surface area contributed by atoms with Crippen LogP contribution in [0, 0.1) is 0 Å². The number of ether oxygens (including phenoxy) is 2. The number of nitrogens with zero attached hydrogens (tertiary/aromatic N) is 3. The molecule has 0 radical (unpaired) electrons. The molecule has 1 fully saturated rings. The van der Waals surface area contributed by atoms with Gasteiger partial charge in [0.2, 0.25) is 0 Å². The fourth-order valence-corrected chi connectivity index (χ4v) is 5.06. The van der Waals surface area contributed by atoms with Gasteiger partial charge in [0, 0.05) is 41.8 Å². The second-order valence-corrected chi connectivity index (χ2v) is 8.70. The van der Waals surface area contributed by atoms with E-state index in [-0.39, 0.29) is 11.7 Å². The predicted octanol–water partition coefficient (Wildman–Crippen LogP) is 5.55. The Morgan fingerprint density at radius 2 is 1.76 bits per heavy atom. The van der Waals surface area contributed by atoms with Gasteiger partial charge >= 0.3 is 5.69 Å². The van der Waals surface area contributed by atoms with Crippen LogP contribution in [0.4, 0.5) is 0 Å². The van der Waals surface area contributed by atoms with Crippen molar-refractivity contribution in [3.8, 4) is 17.2 Å². The molecule has 0 saturated heterocycles. The number of aromatic nitrogens is 3. The fraction of sp³-hybridized carbons (Fsp3) is 0.370. The smallest absolute Gasteiger partial charge is 0.329 e. The maximum atomic E-state index is 13.8. The van der Waals surface area contributed by atoms with Crippen LogP contribution in [0.2, 0.25) is 0 Å². The van der Waals surface area contributed by atoms with Gasteiger partial charge in [-0.15, -0.1) is 0 Å². The molecule has 0 atom stereocenters. The highest BCUT2D eigenvalue weighted by atomic mass is 16.5. The molecule has 6 nitrogen and oxygen atoms in total. The molecule has 1 saturated carbocycles. The summed E-state index contributed by atoms with van der Waals surface area (Å²) in [7, 11) is 1.68. The zero-order valence-electron chi connectivity index (χ0n) is 19.4. The Hall–Kier alpha value is -3.41. The minimum atomic E-state index is 0.0436. The van der Waals surface area contributed by atoms with E-state index in [0.29, 0.717) is 13.2 Å². The third-order valence-electron chi connectivity index (χ3n) is 6.69. The molecule has 33 heavy (non-hydrogen) atoms. The second-order valence-electron chi connectivity index (χ2n) is 8.70. The topological polar surface area (TPSA) is 50.3 Å². The summed E-state index contributed by atoms with van der Waals surface area (Å²) in [4.78, 5) is 13.8. The van der Waals surface area contributed by atoms with Crippen LogP contribution in [-0.4, -0.2) is 27.4 Å². The Balaban J connectivity index is 1.59. The first kappa shape index (κ1) is 21.4. The van der Waals surface area contributed by atoms with Gasteiger partial charge in [-0.25, -0.2) is 4.79 Å².